The standard InChI is InChI=1S/C26H24N4O3/c1-18(19-12-13-23-24(16-19)33-15-14-32-23)27-29-25(31)22-17-26(30-28-22,20-8-4-2-5-9-20)21-10-6-3-7-11-21/h2-13,16,30H,14-15,17H2,1H3,(H,29,31). The summed E-state index contributed by atoms with van der Waals surface area (Å²) in [6.07, 6.45) is 0.408. The molecule has 7 heteroatoms. The van der Waals surface area contributed by atoms with E-state index in [9.17, 15) is 4.79 Å². The number of benzene rings is 3. The number of rotatable bonds is 5. The molecule has 33 heavy (non-hydrogen) atoms. The van der Waals surface area contributed by atoms with Crippen LogP contribution in [0.15, 0.2) is 89.1 Å². The van der Waals surface area contributed by atoms with Crippen molar-refractivity contribution in [2.24, 2.45) is 10.2 Å². The lowest BCUT2D eigenvalue weighted by Crippen LogP contribution is -2.38. The van der Waals surface area contributed by atoms with Crippen LogP contribution in [-0.4, -0.2) is 30.5 Å². The quantitative estimate of drug-likeness (QED) is 0.469. The first kappa shape index (κ1) is 20.8. The second kappa shape index (κ2) is 8.78. The SMILES string of the molecule is CC(=NNC(=O)C1=NNC(c2ccccc2)(c2ccccc2)C1)c1ccc2c(c1)OCCO2. The Morgan fingerprint density at radius 3 is 2.24 bits per heavy atom. The molecule has 5 rings (SSSR count). The zero-order valence-electron chi connectivity index (χ0n) is 18.2. The second-order valence-electron chi connectivity index (χ2n) is 7.98. The van der Waals surface area contributed by atoms with Gasteiger partial charge in [-0.15, -0.1) is 0 Å². The molecule has 2 N–H and O–H groups in total. The summed E-state index contributed by atoms with van der Waals surface area (Å²) in [5.74, 6) is 1.05. The molecule has 2 aliphatic heterocycles. The van der Waals surface area contributed by atoms with Crippen LogP contribution in [0.1, 0.15) is 30.0 Å². The van der Waals surface area contributed by atoms with Crippen LogP contribution in [0, 0.1) is 0 Å². The van der Waals surface area contributed by atoms with Gasteiger partial charge in [0, 0.05) is 12.0 Å². The Bertz CT molecular complexity index is 1180. The van der Waals surface area contributed by atoms with E-state index in [0.717, 1.165) is 16.7 Å². The smallest absolute Gasteiger partial charge is 0.287 e. The molecule has 0 aromatic heterocycles. The average molecular weight is 441 g/mol. The summed E-state index contributed by atoms with van der Waals surface area (Å²) in [6.45, 7) is 2.89. The van der Waals surface area contributed by atoms with E-state index in [2.05, 4.69) is 21.1 Å². The highest BCUT2D eigenvalue weighted by molar-refractivity contribution is 6.39. The molecule has 0 radical (unpaired) electrons. The summed E-state index contributed by atoms with van der Waals surface area (Å²) in [4.78, 5) is 12.9. The number of ether oxygens (including phenoxy) is 2. The third kappa shape index (κ3) is 4.05. The van der Waals surface area contributed by atoms with E-state index in [1.54, 1.807) is 0 Å². The highest BCUT2D eigenvalue weighted by Gasteiger charge is 2.41. The van der Waals surface area contributed by atoms with E-state index in [-0.39, 0.29) is 5.91 Å². The maximum Gasteiger partial charge on any atom is 0.287 e. The molecule has 0 unspecified atom stereocenters. The number of nitrogens with one attached hydrogen (secondary N) is 2. The van der Waals surface area contributed by atoms with Gasteiger partial charge in [-0.1, -0.05) is 60.7 Å². The molecule has 0 spiro atoms. The van der Waals surface area contributed by atoms with Crippen molar-refractivity contribution in [2.45, 2.75) is 18.9 Å². The minimum absolute atomic E-state index is 0.340. The van der Waals surface area contributed by atoms with Crippen molar-refractivity contribution in [1.82, 2.24) is 10.9 Å². The van der Waals surface area contributed by atoms with E-state index in [4.69, 9.17) is 9.47 Å². The van der Waals surface area contributed by atoms with E-state index in [1.807, 2.05) is 85.8 Å². The van der Waals surface area contributed by atoms with E-state index >= 15 is 0 Å². The monoisotopic (exact) mass is 440 g/mol. The Morgan fingerprint density at radius 1 is 0.939 bits per heavy atom. The molecule has 1 amide bonds. The van der Waals surface area contributed by atoms with Gasteiger partial charge in [0.15, 0.2) is 11.5 Å². The molecule has 3 aromatic carbocycles. The van der Waals surface area contributed by atoms with Gasteiger partial charge in [-0.05, 0) is 36.2 Å². The first-order valence-corrected chi connectivity index (χ1v) is 10.9. The Hall–Kier alpha value is -4.13. The minimum atomic E-state index is -0.607. The van der Waals surface area contributed by atoms with Crippen molar-refractivity contribution < 1.29 is 14.3 Å². The molecule has 2 heterocycles. The summed E-state index contributed by atoms with van der Waals surface area (Å²) in [6, 6.07) is 25.7. The maximum atomic E-state index is 12.9. The average Bonchev–Trinajstić information content (AvgIpc) is 3.35. The van der Waals surface area contributed by atoms with Crippen LogP contribution in [0.25, 0.3) is 0 Å². The molecule has 0 aliphatic carbocycles. The van der Waals surface area contributed by atoms with Gasteiger partial charge in [-0.3, -0.25) is 10.2 Å². The number of hydrogen-bond acceptors (Lipinski definition) is 6. The van der Waals surface area contributed by atoms with Crippen molar-refractivity contribution in [1.29, 1.82) is 0 Å². The third-order valence-electron chi connectivity index (χ3n) is 5.89. The first-order chi connectivity index (χ1) is 16.2. The largest absolute Gasteiger partial charge is 0.486 e. The summed E-state index contributed by atoms with van der Waals surface area (Å²) >= 11 is 0. The third-order valence-corrected chi connectivity index (χ3v) is 5.89. The molecule has 2 aliphatic rings. The Kier molecular flexibility index (Phi) is 5.52. The van der Waals surface area contributed by atoms with Crippen LogP contribution in [-0.2, 0) is 10.3 Å². The fourth-order valence-corrected chi connectivity index (χ4v) is 4.10. The van der Waals surface area contributed by atoms with Crippen LogP contribution in [0.4, 0.5) is 0 Å². The second-order valence-corrected chi connectivity index (χ2v) is 7.98. The predicted molar refractivity (Wildman–Crippen MR) is 127 cm³/mol. The molecule has 0 saturated heterocycles. The van der Waals surface area contributed by atoms with Gasteiger partial charge >= 0.3 is 0 Å². The number of hydrogen-bond donors (Lipinski definition) is 2. The molecule has 3 aromatic rings. The van der Waals surface area contributed by atoms with Crippen molar-refractivity contribution in [3.8, 4) is 11.5 Å². The maximum absolute atomic E-state index is 12.9. The zero-order chi connectivity index (χ0) is 22.7. The molecule has 7 nitrogen and oxygen atoms in total. The topological polar surface area (TPSA) is 84.3 Å². The van der Waals surface area contributed by atoms with E-state index in [1.165, 1.54) is 0 Å². The zero-order valence-corrected chi connectivity index (χ0v) is 18.2. The number of carbonyl (C=O) groups is 1. The van der Waals surface area contributed by atoms with Gasteiger partial charge in [-0.2, -0.15) is 10.2 Å². The van der Waals surface area contributed by atoms with Crippen LogP contribution in [0.3, 0.4) is 0 Å². The lowest BCUT2D eigenvalue weighted by Gasteiger charge is -2.30. The van der Waals surface area contributed by atoms with E-state index in [0.29, 0.717) is 42.6 Å². The highest BCUT2D eigenvalue weighted by atomic mass is 16.6. The van der Waals surface area contributed by atoms with Crippen LogP contribution in [0.2, 0.25) is 0 Å². The van der Waals surface area contributed by atoms with E-state index < -0.39 is 5.54 Å². The number of amides is 1. The number of carbonyl (C=O) groups excluding carboxylic acids is 1. The summed E-state index contributed by atoms with van der Waals surface area (Å²) in [5, 5.41) is 8.69. The predicted octanol–water partition coefficient (Wildman–Crippen LogP) is 3.59. The summed E-state index contributed by atoms with van der Waals surface area (Å²) in [7, 11) is 0. The van der Waals surface area contributed by atoms with Crippen molar-refractivity contribution in [3.05, 3.63) is 95.6 Å². The molecule has 0 saturated carbocycles. The molecule has 0 fully saturated rings. The first-order valence-electron chi connectivity index (χ1n) is 10.9. The molecular formula is C26H24N4O3. The highest BCUT2D eigenvalue weighted by Crippen LogP contribution is 2.36. The van der Waals surface area contributed by atoms with Crippen LogP contribution < -0.4 is 20.3 Å². The molecular weight excluding hydrogens is 416 g/mol. The fraction of sp³-hybridized carbons (Fsp3) is 0.192. The van der Waals surface area contributed by atoms with Gasteiger partial charge in [-0.25, -0.2) is 5.43 Å². The van der Waals surface area contributed by atoms with Gasteiger partial charge < -0.3 is 9.47 Å². The molecule has 0 atom stereocenters. The summed E-state index contributed by atoms with van der Waals surface area (Å²) in [5.41, 5.74) is 9.25. The summed E-state index contributed by atoms with van der Waals surface area (Å²) < 4.78 is 11.2. The van der Waals surface area contributed by atoms with Gasteiger partial charge in [0.2, 0.25) is 0 Å². The van der Waals surface area contributed by atoms with Crippen LogP contribution >= 0.6 is 0 Å². The van der Waals surface area contributed by atoms with Gasteiger partial charge in [0.05, 0.1) is 5.71 Å². The Balaban J connectivity index is 1.33. The normalized spacial score (nSPS) is 16.5. The van der Waals surface area contributed by atoms with Gasteiger partial charge in [0.1, 0.15) is 24.5 Å². The molecule has 166 valence electrons. The van der Waals surface area contributed by atoms with Crippen molar-refractivity contribution >= 4 is 17.3 Å². The lowest BCUT2D eigenvalue weighted by molar-refractivity contribution is -0.114. The van der Waals surface area contributed by atoms with Crippen molar-refractivity contribution in [3.63, 3.8) is 0 Å². The number of fused-ring (bicyclic) bond motifs is 1. The number of nitrogens with zero attached hydrogens (tertiary/aromatic N) is 2. The fourth-order valence-electron chi connectivity index (χ4n) is 4.10. The lowest BCUT2D eigenvalue weighted by atomic mass is 9.80. The minimum Gasteiger partial charge on any atom is -0.486 e. The van der Waals surface area contributed by atoms with Gasteiger partial charge in [0.25, 0.3) is 5.91 Å². The number of hydrazone groups is 2. The Morgan fingerprint density at radius 2 is 1.58 bits per heavy atom. The van der Waals surface area contributed by atoms with Crippen molar-refractivity contribution in [2.75, 3.05) is 13.2 Å². The molecule has 0 bridgehead atoms. The van der Waals surface area contributed by atoms with Crippen LogP contribution in [0.5, 0.6) is 11.5 Å². The Labute approximate surface area is 192 Å².